The molecule has 0 bridgehead atoms. The highest BCUT2D eigenvalue weighted by molar-refractivity contribution is 6.31. The van der Waals surface area contributed by atoms with Crippen molar-refractivity contribution in [2.24, 2.45) is 0 Å². The minimum absolute atomic E-state index is 0. The van der Waals surface area contributed by atoms with Crippen molar-refractivity contribution in [1.29, 1.82) is 0 Å². The predicted octanol–water partition coefficient (Wildman–Crippen LogP) is 1.94. The van der Waals surface area contributed by atoms with Gasteiger partial charge >= 0.3 is 0 Å². The molecule has 3 nitrogen and oxygen atoms in total. The van der Waals surface area contributed by atoms with Crippen LogP contribution in [0.2, 0.25) is 5.02 Å². The number of amides is 1. The molecule has 1 N–H and O–H groups in total. The minimum Gasteiger partial charge on any atom is -0.336 e. The molecule has 0 unspecified atom stereocenters. The Balaban J connectivity index is 0.00000144. The minimum atomic E-state index is -0.508. The van der Waals surface area contributed by atoms with Crippen LogP contribution in [0.5, 0.6) is 0 Å². The zero-order chi connectivity index (χ0) is 11.7. The first-order valence-electron chi connectivity index (χ1n) is 5.02. The Bertz CT molecular complexity index is 424. The zero-order valence-electron chi connectivity index (χ0n) is 9.24. The second-order valence-corrected chi connectivity index (χ2v) is 4.26. The van der Waals surface area contributed by atoms with Gasteiger partial charge in [-0.25, -0.2) is 4.39 Å². The number of carbonyl (C=O) groups excluding carboxylic acids is 1. The molecular weight excluding hydrogens is 266 g/mol. The first-order chi connectivity index (χ1) is 7.59. The number of hydrogen-bond acceptors (Lipinski definition) is 2. The summed E-state index contributed by atoms with van der Waals surface area (Å²) in [6.45, 7) is 1.61. The van der Waals surface area contributed by atoms with Gasteiger partial charge in [0.15, 0.2) is 0 Å². The molecule has 1 aliphatic rings. The average molecular weight is 279 g/mol. The molecule has 0 aromatic heterocycles. The fourth-order valence-electron chi connectivity index (χ4n) is 1.55. The van der Waals surface area contributed by atoms with Crippen LogP contribution >= 0.6 is 24.0 Å². The normalized spacial score (nSPS) is 14.8. The zero-order valence-corrected chi connectivity index (χ0v) is 10.8. The third-order valence-corrected chi connectivity index (χ3v) is 3.08. The first-order valence-corrected chi connectivity index (χ1v) is 5.40. The Morgan fingerprint density at radius 1 is 1.53 bits per heavy atom. The number of benzene rings is 1. The maximum absolute atomic E-state index is 12.9. The molecule has 6 heteroatoms. The van der Waals surface area contributed by atoms with E-state index < -0.39 is 5.82 Å². The highest BCUT2D eigenvalue weighted by Crippen LogP contribution is 2.18. The summed E-state index contributed by atoms with van der Waals surface area (Å²) >= 11 is 5.63. The molecule has 17 heavy (non-hydrogen) atoms. The average Bonchev–Trinajstić information content (AvgIpc) is 2.18. The van der Waals surface area contributed by atoms with Gasteiger partial charge in [-0.15, -0.1) is 12.4 Å². The van der Waals surface area contributed by atoms with E-state index >= 15 is 0 Å². The molecule has 1 aromatic carbocycles. The van der Waals surface area contributed by atoms with Crippen LogP contribution in [-0.2, 0) is 0 Å². The lowest BCUT2D eigenvalue weighted by Crippen LogP contribution is -2.57. The molecule has 1 amide bonds. The summed E-state index contributed by atoms with van der Waals surface area (Å²) in [6, 6.07) is 4.24. The molecule has 1 heterocycles. The van der Waals surface area contributed by atoms with Crippen LogP contribution in [0.15, 0.2) is 18.2 Å². The Morgan fingerprint density at radius 3 is 2.65 bits per heavy atom. The van der Waals surface area contributed by atoms with Gasteiger partial charge < -0.3 is 10.2 Å². The Labute approximate surface area is 110 Å². The standard InChI is InChI=1S/C11H12ClFN2O.ClH/c1-15(8-5-14-6-8)11(16)7-2-3-10(13)9(12)4-7;/h2-4,8,14H,5-6H2,1H3;1H. The monoisotopic (exact) mass is 278 g/mol. The van der Waals surface area contributed by atoms with Crippen LogP contribution in [0.1, 0.15) is 10.4 Å². The van der Waals surface area contributed by atoms with E-state index in [0.717, 1.165) is 13.1 Å². The molecule has 1 saturated heterocycles. The van der Waals surface area contributed by atoms with Crippen molar-refractivity contribution in [3.63, 3.8) is 0 Å². The van der Waals surface area contributed by atoms with E-state index in [4.69, 9.17) is 11.6 Å². The van der Waals surface area contributed by atoms with Crippen molar-refractivity contribution in [3.05, 3.63) is 34.6 Å². The van der Waals surface area contributed by atoms with Gasteiger partial charge in [-0.3, -0.25) is 4.79 Å². The molecule has 1 aromatic rings. The summed E-state index contributed by atoms with van der Waals surface area (Å²) in [7, 11) is 1.74. The van der Waals surface area contributed by atoms with E-state index in [1.165, 1.54) is 18.2 Å². The van der Waals surface area contributed by atoms with Gasteiger partial charge in [0.25, 0.3) is 5.91 Å². The van der Waals surface area contributed by atoms with Gasteiger partial charge in [-0.05, 0) is 18.2 Å². The molecule has 0 radical (unpaired) electrons. The van der Waals surface area contributed by atoms with Crippen LogP contribution in [0.4, 0.5) is 4.39 Å². The highest BCUT2D eigenvalue weighted by atomic mass is 35.5. The molecule has 1 fully saturated rings. The third-order valence-electron chi connectivity index (χ3n) is 2.79. The van der Waals surface area contributed by atoms with Crippen LogP contribution in [0.25, 0.3) is 0 Å². The third kappa shape index (κ3) is 2.89. The molecule has 0 spiro atoms. The number of likely N-dealkylation sites (N-methyl/N-ethyl adjacent to an activating group) is 1. The predicted molar refractivity (Wildman–Crippen MR) is 67.4 cm³/mol. The fourth-order valence-corrected chi connectivity index (χ4v) is 1.73. The molecule has 2 rings (SSSR count). The number of halogens is 3. The Hall–Kier alpha value is -0.840. The van der Waals surface area contributed by atoms with E-state index in [0.29, 0.717) is 5.56 Å². The van der Waals surface area contributed by atoms with E-state index in [9.17, 15) is 9.18 Å². The number of hydrogen-bond donors (Lipinski definition) is 1. The second-order valence-electron chi connectivity index (χ2n) is 3.86. The molecule has 1 aliphatic heterocycles. The van der Waals surface area contributed by atoms with E-state index in [1.54, 1.807) is 11.9 Å². The second kappa shape index (κ2) is 5.67. The van der Waals surface area contributed by atoms with E-state index in [1.807, 2.05) is 0 Å². The van der Waals surface area contributed by atoms with Crippen molar-refractivity contribution < 1.29 is 9.18 Å². The van der Waals surface area contributed by atoms with Crippen LogP contribution < -0.4 is 5.32 Å². The SMILES string of the molecule is CN(C(=O)c1ccc(F)c(Cl)c1)C1CNC1.Cl. The van der Waals surface area contributed by atoms with Crippen molar-refractivity contribution in [3.8, 4) is 0 Å². The van der Waals surface area contributed by atoms with Gasteiger partial charge in [0.2, 0.25) is 0 Å². The number of nitrogens with one attached hydrogen (secondary N) is 1. The van der Waals surface area contributed by atoms with E-state index in [2.05, 4.69) is 5.32 Å². The number of rotatable bonds is 2. The molecule has 94 valence electrons. The summed E-state index contributed by atoms with van der Waals surface area (Å²) in [4.78, 5) is 13.6. The van der Waals surface area contributed by atoms with Crippen molar-refractivity contribution in [2.45, 2.75) is 6.04 Å². The number of nitrogens with zero attached hydrogens (tertiary/aromatic N) is 1. The van der Waals surface area contributed by atoms with Crippen LogP contribution in [-0.4, -0.2) is 37.0 Å². The quantitative estimate of drug-likeness (QED) is 0.897. The highest BCUT2D eigenvalue weighted by Gasteiger charge is 2.26. The first kappa shape index (κ1) is 14.2. The van der Waals surface area contributed by atoms with Crippen LogP contribution in [0, 0.1) is 5.82 Å². The van der Waals surface area contributed by atoms with Gasteiger partial charge in [0.05, 0.1) is 11.1 Å². The molecule has 0 atom stereocenters. The maximum Gasteiger partial charge on any atom is 0.253 e. The Morgan fingerprint density at radius 2 is 2.18 bits per heavy atom. The lowest BCUT2D eigenvalue weighted by molar-refractivity contribution is 0.0681. The number of carbonyl (C=O) groups is 1. The van der Waals surface area contributed by atoms with Gasteiger partial charge in [-0.2, -0.15) is 0 Å². The Kier molecular flexibility index (Phi) is 4.74. The summed E-state index contributed by atoms with van der Waals surface area (Å²) in [5.41, 5.74) is 0.417. The molecule has 0 aliphatic carbocycles. The summed E-state index contributed by atoms with van der Waals surface area (Å²) < 4.78 is 12.9. The topological polar surface area (TPSA) is 32.3 Å². The lowest BCUT2D eigenvalue weighted by atomic mass is 10.1. The van der Waals surface area contributed by atoms with E-state index in [-0.39, 0.29) is 29.4 Å². The van der Waals surface area contributed by atoms with Gasteiger partial charge in [-0.1, -0.05) is 11.6 Å². The lowest BCUT2D eigenvalue weighted by Gasteiger charge is -2.35. The maximum atomic E-state index is 12.9. The van der Waals surface area contributed by atoms with Crippen LogP contribution in [0.3, 0.4) is 0 Å². The summed E-state index contributed by atoms with van der Waals surface area (Å²) in [5.74, 6) is -0.639. The van der Waals surface area contributed by atoms with Gasteiger partial charge in [0, 0.05) is 25.7 Å². The molecular formula is C11H13Cl2FN2O. The fraction of sp³-hybridized carbons (Fsp3) is 0.364. The largest absolute Gasteiger partial charge is 0.336 e. The summed E-state index contributed by atoms with van der Waals surface area (Å²) in [6.07, 6.45) is 0. The summed E-state index contributed by atoms with van der Waals surface area (Å²) in [5, 5.41) is 3.07. The van der Waals surface area contributed by atoms with Gasteiger partial charge in [0.1, 0.15) is 5.82 Å². The molecule has 0 saturated carbocycles. The van der Waals surface area contributed by atoms with Crippen molar-refractivity contribution in [2.75, 3.05) is 20.1 Å². The van der Waals surface area contributed by atoms with Crippen molar-refractivity contribution in [1.82, 2.24) is 10.2 Å². The van der Waals surface area contributed by atoms with Crippen molar-refractivity contribution >= 4 is 29.9 Å². The smallest absolute Gasteiger partial charge is 0.253 e.